The van der Waals surface area contributed by atoms with Crippen LogP contribution in [0.5, 0.6) is 0 Å². The molecule has 0 atom stereocenters. The molecule has 10 heavy (non-hydrogen) atoms. The maximum Gasteiger partial charge on any atom is 0.0402 e. The van der Waals surface area contributed by atoms with Crippen LogP contribution in [0.15, 0.2) is 0 Å². The zero-order valence-corrected chi connectivity index (χ0v) is 10.2. The molecule has 3 N–H and O–H groups in total. The Labute approximate surface area is 96.0 Å². The normalized spacial score (nSPS) is 5.40. The number of aliphatic hydroxyl groups excluding tert-OH is 3. The van der Waals surface area contributed by atoms with Crippen LogP contribution in [0, 0.1) is 40.8 Å². The summed E-state index contributed by atoms with van der Waals surface area (Å²) in [4.78, 5) is 0. The Balaban J connectivity index is -0.0000000257. The van der Waals surface area contributed by atoms with Crippen LogP contribution in [0.4, 0.5) is 0 Å². The molecule has 0 aliphatic rings. The van der Waals surface area contributed by atoms with Gasteiger partial charge in [-0.1, -0.05) is 0 Å². The van der Waals surface area contributed by atoms with Crippen molar-refractivity contribution in [3.05, 3.63) is 0 Å². The summed E-state index contributed by atoms with van der Waals surface area (Å²) < 4.78 is 0. The van der Waals surface area contributed by atoms with Crippen molar-refractivity contribution in [3.63, 3.8) is 0 Å². The van der Waals surface area contributed by atoms with Gasteiger partial charge < -0.3 is 15.3 Å². The van der Waals surface area contributed by atoms with Gasteiger partial charge in [0.15, 0.2) is 0 Å². The summed E-state index contributed by atoms with van der Waals surface area (Å²) in [5, 5.41) is 22.7. The molecule has 4 heteroatoms. The molecule has 0 aromatic carbocycles. The van der Waals surface area contributed by atoms with Crippen LogP contribution in [-0.2, 0) is 0 Å². The minimum atomic E-state index is 0. The maximum atomic E-state index is 7.57. The van der Waals surface area contributed by atoms with E-state index in [4.69, 9.17) is 15.3 Å². The third-order valence-electron chi connectivity index (χ3n) is 0. The zero-order valence-electron chi connectivity index (χ0n) is 6.96. The van der Waals surface area contributed by atoms with Gasteiger partial charge in [-0.25, -0.2) is 0 Å². The first-order valence-electron chi connectivity index (χ1n) is 3.07. The van der Waals surface area contributed by atoms with Crippen LogP contribution in [0.3, 0.4) is 0 Å². The quantitative estimate of drug-likeness (QED) is 0.586. The number of hydrogen-bond donors (Lipinski definition) is 3. The fourth-order valence-corrected chi connectivity index (χ4v) is 0. The average molecular weight is 282 g/mol. The first-order valence-corrected chi connectivity index (χ1v) is 3.07. The van der Waals surface area contributed by atoms with Gasteiger partial charge in [-0.05, 0) is 20.8 Å². The van der Waals surface area contributed by atoms with E-state index in [2.05, 4.69) is 0 Å². The summed E-state index contributed by atoms with van der Waals surface area (Å²) in [5.74, 6) is 0. The second kappa shape index (κ2) is 48.7. The van der Waals surface area contributed by atoms with Crippen LogP contribution in [0.1, 0.15) is 20.8 Å². The van der Waals surface area contributed by atoms with E-state index in [9.17, 15) is 0 Å². The van der Waals surface area contributed by atoms with E-state index in [1.54, 1.807) is 20.8 Å². The molecule has 0 heterocycles. The predicted octanol–water partition coefficient (Wildman–Crippen LogP) is -0.00420. The van der Waals surface area contributed by atoms with Crippen molar-refractivity contribution >= 4 is 0 Å². The minimum Gasteiger partial charge on any atom is -0.397 e. The molecule has 64 valence electrons. The van der Waals surface area contributed by atoms with Gasteiger partial charge in [0.1, 0.15) is 0 Å². The second-order valence-electron chi connectivity index (χ2n) is 0.949. The Morgan fingerprint density at radius 1 is 0.700 bits per heavy atom. The van der Waals surface area contributed by atoms with E-state index in [1.165, 1.54) is 0 Å². The van der Waals surface area contributed by atoms with Crippen LogP contribution in [0.25, 0.3) is 0 Å². The van der Waals surface area contributed by atoms with Gasteiger partial charge in [-0.15, -0.1) is 0 Å². The molecule has 0 amide bonds. The molecule has 0 rings (SSSR count). The SMILES string of the molecule is CCO.CCO.CCO.[Nd]. The number of hydrogen-bond acceptors (Lipinski definition) is 3. The molecule has 3 nitrogen and oxygen atoms in total. The van der Waals surface area contributed by atoms with Crippen LogP contribution < -0.4 is 0 Å². The Morgan fingerprint density at radius 3 is 0.700 bits per heavy atom. The molecule has 0 aromatic heterocycles. The summed E-state index contributed by atoms with van der Waals surface area (Å²) in [6.07, 6.45) is 0. The van der Waals surface area contributed by atoms with Gasteiger partial charge in [0.25, 0.3) is 0 Å². The Hall–Kier alpha value is 1.23. The van der Waals surface area contributed by atoms with E-state index in [0.29, 0.717) is 0 Å². The van der Waals surface area contributed by atoms with Crippen LogP contribution in [0.2, 0.25) is 0 Å². The monoisotopic (exact) mass is 280 g/mol. The largest absolute Gasteiger partial charge is 0.397 e. The molecule has 0 radical (unpaired) electrons. The van der Waals surface area contributed by atoms with Crippen molar-refractivity contribution in [2.45, 2.75) is 20.8 Å². The molecule has 0 spiro atoms. The molecule has 0 aromatic rings. The van der Waals surface area contributed by atoms with Crippen molar-refractivity contribution in [3.8, 4) is 0 Å². The molecule has 0 aliphatic heterocycles. The fourth-order valence-electron chi connectivity index (χ4n) is 0. The molecule has 0 aliphatic carbocycles. The van der Waals surface area contributed by atoms with Gasteiger partial charge in [0.2, 0.25) is 0 Å². The maximum absolute atomic E-state index is 7.57. The zero-order chi connectivity index (χ0) is 8.12. The van der Waals surface area contributed by atoms with Gasteiger partial charge in [0, 0.05) is 60.7 Å². The summed E-state index contributed by atoms with van der Waals surface area (Å²) in [6, 6.07) is 0. The molecule has 0 saturated carbocycles. The van der Waals surface area contributed by atoms with Crippen LogP contribution >= 0.6 is 0 Å². The van der Waals surface area contributed by atoms with Gasteiger partial charge in [0.05, 0.1) is 0 Å². The van der Waals surface area contributed by atoms with E-state index in [0.717, 1.165) is 0 Å². The average Bonchev–Trinajstić information content (AvgIpc) is 1.70. The van der Waals surface area contributed by atoms with Crippen molar-refractivity contribution in [1.82, 2.24) is 0 Å². The predicted molar refractivity (Wildman–Crippen MR) is 38.3 cm³/mol. The Bertz CT molecular complexity index is 17.7. The smallest absolute Gasteiger partial charge is 0.0402 e. The van der Waals surface area contributed by atoms with Crippen LogP contribution in [-0.4, -0.2) is 35.1 Å². The Morgan fingerprint density at radius 2 is 0.700 bits per heavy atom. The molecular formula is C6H18NdO3. The van der Waals surface area contributed by atoms with E-state index in [1.807, 2.05) is 0 Å². The van der Waals surface area contributed by atoms with Crippen molar-refractivity contribution in [2.75, 3.05) is 19.8 Å². The summed E-state index contributed by atoms with van der Waals surface area (Å²) in [7, 11) is 0. The van der Waals surface area contributed by atoms with E-state index >= 15 is 0 Å². The topological polar surface area (TPSA) is 60.7 Å². The molecule has 0 fully saturated rings. The van der Waals surface area contributed by atoms with Gasteiger partial charge in [-0.3, -0.25) is 0 Å². The van der Waals surface area contributed by atoms with Gasteiger partial charge in [-0.2, -0.15) is 0 Å². The summed E-state index contributed by atoms with van der Waals surface area (Å²) in [5.41, 5.74) is 0. The molecule has 0 saturated heterocycles. The first-order chi connectivity index (χ1) is 4.24. The molecule has 0 bridgehead atoms. The first kappa shape index (κ1) is 22.5. The summed E-state index contributed by atoms with van der Waals surface area (Å²) >= 11 is 0. The van der Waals surface area contributed by atoms with E-state index < -0.39 is 0 Å². The fraction of sp³-hybridized carbons (Fsp3) is 1.00. The Kier molecular flexibility index (Phi) is 109. The number of rotatable bonds is 0. The third-order valence-corrected chi connectivity index (χ3v) is 0. The van der Waals surface area contributed by atoms with Crippen molar-refractivity contribution < 1.29 is 56.2 Å². The minimum absolute atomic E-state index is 0. The number of aliphatic hydroxyl groups is 3. The molecule has 0 unspecified atom stereocenters. The molecular weight excluding hydrogens is 264 g/mol. The third kappa shape index (κ3) is 413. The van der Waals surface area contributed by atoms with E-state index in [-0.39, 0.29) is 60.7 Å². The van der Waals surface area contributed by atoms with Gasteiger partial charge >= 0.3 is 0 Å². The van der Waals surface area contributed by atoms with Crippen molar-refractivity contribution in [2.24, 2.45) is 0 Å². The standard InChI is InChI=1S/3C2H6O.Nd/c3*1-2-3;/h3*3H,2H2,1H3;. The van der Waals surface area contributed by atoms with Crippen molar-refractivity contribution in [1.29, 1.82) is 0 Å². The summed E-state index contributed by atoms with van der Waals surface area (Å²) in [6.45, 7) is 5.79. The second-order valence-corrected chi connectivity index (χ2v) is 0.949.